The third-order valence-corrected chi connectivity index (χ3v) is 5.91. The number of benzene rings is 1. The zero-order chi connectivity index (χ0) is 15.2. The number of piperidine rings is 2. The topological polar surface area (TPSA) is 26.7 Å². The number of hydrogen-bond donors (Lipinski definition) is 1. The zero-order valence-electron chi connectivity index (χ0n) is 13.4. The van der Waals surface area contributed by atoms with Gasteiger partial charge < -0.3 is 10.0 Å². The minimum atomic E-state index is -0.0888. The molecule has 4 heteroatoms. The fourth-order valence-corrected chi connectivity index (χ4v) is 4.57. The van der Waals surface area contributed by atoms with Crippen molar-refractivity contribution in [3.05, 3.63) is 30.3 Å². The van der Waals surface area contributed by atoms with Gasteiger partial charge in [-0.1, -0.05) is 18.2 Å². The molecule has 2 saturated heterocycles. The van der Waals surface area contributed by atoms with Crippen LogP contribution >= 0.6 is 11.8 Å². The molecular formula is C18H28N2OS. The Morgan fingerprint density at radius 2 is 1.82 bits per heavy atom. The van der Waals surface area contributed by atoms with Crippen LogP contribution in [-0.2, 0) is 0 Å². The Balaban J connectivity index is 1.35. The van der Waals surface area contributed by atoms with Crippen molar-refractivity contribution in [2.75, 3.05) is 38.5 Å². The summed E-state index contributed by atoms with van der Waals surface area (Å²) >= 11 is 1.96. The van der Waals surface area contributed by atoms with Gasteiger partial charge in [0.25, 0.3) is 0 Å². The van der Waals surface area contributed by atoms with Gasteiger partial charge in [-0.3, -0.25) is 4.90 Å². The van der Waals surface area contributed by atoms with Gasteiger partial charge in [0, 0.05) is 29.8 Å². The number of hydrogen-bond acceptors (Lipinski definition) is 4. The molecule has 1 N–H and O–H groups in total. The molecular weight excluding hydrogens is 292 g/mol. The number of likely N-dealkylation sites (tertiary alicyclic amines) is 2. The molecule has 1 aromatic carbocycles. The summed E-state index contributed by atoms with van der Waals surface area (Å²) < 4.78 is 0. The number of nitrogens with zero attached hydrogens (tertiary/aromatic N) is 2. The Morgan fingerprint density at radius 3 is 2.55 bits per heavy atom. The molecule has 1 atom stereocenters. The monoisotopic (exact) mass is 320 g/mol. The molecule has 2 heterocycles. The van der Waals surface area contributed by atoms with Gasteiger partial charge in [-0.25, -0.2) is 0 Å². The van der Waals surface area contributed by atoms with Gasteiger partial charge >= 0.3 is 0 Å². The second-order valence-corrected chi connectivity index (χ2v) is 7.69. The third-order valence-electron chi connectivity index (χ3n) is 4.92. The lowest BCUT2D eigenvalue weighted by Crippen LogP contribution is -2.49. The normalized spacial score (nSPS) is 25.4. The standard InChI is InChI=1S/C18H28N2OS/c21-17-5-4-10-20(15-17)16-8-11-19(12-9-16)13-14-22-18-6-2-1-3-7-18/h1-3,6-7,16-17,21H,4-5,8-15H2/t17-/m1/s1. The smallest absolute Gasteiger partial charge is 0.0667 e. The van der Waals surface area contributed by atoms with Gasteiger partial charge in [0.05, 0.1) is 6.10 Å². The van der Waals surface area contributed by atoms with Crippen LogP contribution < -0.4 is 0 Å². The fraction of sp³-hybridized carbons (Fsp3) is 0.667. The number of thioether (sulfide) groups is 1. The van der Waals surface area contributed by atoms with Crippen molar-refractivity contribution in [3.8, 4) is 0 Å². The molecule has 0 radical (unpaired) electrons. The average molecular weight is 321 g/mol. The molecule has 0 spiro atoms. The number of β-amino-alcohol motifs (C(OH)–C–C–N with tert-alkyl or cyclic N) is 1. The van der Waals surface area contributed by atoms with E-state index in [1.165, 1.54) is 49.7 Å². The predicted molar refractivity (Wildman–Crippen MR) is 93.4 cm³/mol. The van der Waals surface area contributed by atoms with Gasteiger partial charge in [0.1, 0.15) is 0 Å². The van der Waals surface area contributed by atoms with Crippen molar-refractivity contribution in [3.63, 3.8) is 0 Å². The summed E-state index contributed by atoms with van der Waals surface area (Å²) in [5.74, 6) is 1.18. The molecule has 3 rings (SSSR count). The molecule has 3 nitrogen and oxygen atoms in total. The van der Waals surface area contributed by atoms with Crippen molar-refractivity contribution >= 4 is 11.8 Å². The summed E-state index contributed by atoms with van der Waals surface area (Å²) in [5, 5.41) is 9.83. The van der Waals surface area contributed by atoms with Gasteiger partial charge in [0.15, 0.2) is 0 Å². The molecule has 0 aromatic heterocycles. The molecule has 2 aliphatic rings. The van der Waals surface area contributed by atoms with Crippen LogP contribution in [0.15, 0.2) is 35.2 Å². The Bertz CT molecular complexity index is 434. The van der Waals surface area contributed by atoms with E-state index >= 15 is 0 Å². The van der Waals surface area contributed by atoms with Crippen LogP contribution in [0.2, 0.25) is 0 Å². The van der Waals surface area contributed by atoms with E-state index in [0.717, 1.165) is 19.4 Å². The molecule has 0 saturated carbocycles. The first-order chi connectivity index (χ1) is 10.8. The van der Waals surface area contributed by atoms with Crippen LogP contribution in [0, 0.1) is 0 Å². The average Bonchev–Trinajstić information content (AvgIpc) is 2.56. The fourth-order valence-electron chi connectivity index (χ4n) is 3.63. The summed E-state index contributed by atoms with van der Waals surface area (Å²) in [6.07, 6.45) is 4.60. The first-order valence-corrected chi connectivity index (χ1v) is 9.62. The SMILES string of the molecule is O[C@@H]1CCCN(C2CCN(CCSc3ccccc3)CC2)C1. The van der Waals surface area contributed by atoms with E-state index in [0.29, 0.717) is 6.04 Å². The largest absolute Gasteiger partial charge is 0.392 e. The lowest BCUT2D eigenvalue weighted by Gasteiger charge is -2.41. The van der Waals surface area contributed by atoms with Gasteiger partial charge in [-0.15, -0.1) is 11.8 Å². The molecule has 122 valence electrons. The first kappa shape index (κ1) is 16.3. The number of aliphatic hydroxyl groups is 1. The van der Waals surface area contributed by atoms with Crippen molar-refractivity contribution in [2.45, 2.75) is 42.7 Å². The highest BCUT2D eigenvalue weighted by molar-refractivity contribution is 7.99. The molecule has 22 heavy (non-hydrogen) atoms. The maximum atomic E-state index is 9.83. The van der Waals surface area contributed by atoms with Crippen LogP contribution in [0.3, 0.4) is 0 Å². The van der Waals surface area contributed by atoms with Gasteiger partial charge in [-0.2, -0.15) is 0 Å². The van der Waals surface area contributed by atoms with Crippen molar-refractivity contribution in [1.29, 1.82) is 0 Å². The van der Waals surface area contributed by atoms with Crippen LogP contribution in [0.5, 0.6) is 0 Å². The third kappa shape index (κ3) is 4.72. The Labute approximate surface area is 138 Å². The predicted octanol–water partition coefficient (Wildman–Crippen LogP) is 2.70. The highest BCUT2D eigenvalue weighted by Crippen LogP contribution is 2.22. The molecule has 1 aromatic rings. The maximum Gasteiger partial charge on any atom is 0.0667 e. The second kappa shape index (κ2) is 8.34. The summed E-state index contributed by atoms with van der Waals surface area (Å²) in [6.45, 7) is 5.70. The molecule has 2 fully saturated rings. The lowest BCUT2D eigenvalue weighted by atomic mass is 9.99. The van der Waals surface area contributed by atoms with E-state index in [1.54, 1.807) is 0 Å². The second-order valence-electron chi connectivity index (χ2n) is 6.53. The molecule has 0 aliphatic carbocycles. The van der Waals surface area contributed by atoms with E-state index in [-0.39, 0.29) is 6.10 Å². The van der Waals surface area contributed by atoms with E-state index < -0.39 is 0 Å². The van der Waals surface area contributed by atoms with Gasteiger partial charge in [-0.05, 0) is 57.5 Å². The minimum absolute atomic E-state index is 0.0888. The molecule has 0 bridgehead atoms. The van der Waals surface area contributed by atoms with Crippen LogP contribution in [0.1, 0.15) is 25.7 Å². The summed E-state index contributed by atoms with van der Waals surface area (Å²) in [4.78, 5) is 6.51. The Hall–Kier alpha value is -0.550. The number of aliphatic hydroxyl groups excluding tert-OH is 1. The van der Waals surface area contributed by atoms with Crippen molar-refractivity contribution in [2.24, 2.45) is 0 Å². The van der Waals surface area contributed by atoms with Crippen molar-refractivity contribution in [1.82, 2.24) is 9.80 Å². The van der Waals surface area contributed by atoms with E-state index in [2.05, 4.69) is 40.1 Å². The quantitative estimate of drug-likeness (QED) is 0.844. The van der Waals surface area contributed by atoms with Crippen LogP contribution in [-0.4, -0.2) is 65.5 Å². The summed E-state index contributed by atoms with van der Waals surface area (Å²) in [6, 6.07) is 11.4. The van der Waals surface area contributed by atoms with Gasteiger partial charge in [0.2, 0.25) is 0 Å². The number of rotatable bonds is 5. The maximum absolute atomic E-state index is 9.83. The van der Waals surface area contributed by atoms with Crippen molar-refractivity contribution < 1.29 is 5.11 Å². The Kier molecular flexibility index (Phi) is 6.19. The first-order valence-electron chi connectivity index (χ1n) is 8.63. The van der Waals surface area contributed by atoms with Crippen LogP contribution in [0.4, 0.5) is 0 Å². The van der Waals surface area contributed by atoms with E-state index in [9.17, 15) is 5.11 Å². The minimum Gasteiger partial charge on any atom is -0.392 e. The Morgan fingerprint density at radius 1 is 1.05 bits per heavy atom. The zero-order valence-corrected chi connectivity index (χ0v) is 14.2. The van der Waals surface area contributed by atoms with E-state index in [1.807, 2.05) is 11.8 Å². The molecule has 0 amide bonds. The molecule has 2 aliphatic heterocycles. The summed E-state index contributed by atoms with van der Waals surface area (Å²) in [5.41, 5.74) is 0. The molecule has 0 unspecified atom stereocenters. The highest BCUT2D eigenvalue weighted by atomic mass is 32.2. The van der Waals surface area contributed by atoms with E-state index in [4.69, 9.17) is 0 Å². The highest BCUT2D eigenvalue weighted by Gasteiger charge is 2.27. The van der Waals surface area contributed by atoms with Crippen LogP contribution in [0.25, 0.3) is 0 Å². The summed E-state index contributed by atoms with van der Waals surface area (Å²) in [7, 11) is 0. The lowest BCUT2D eigenvalue weighted by molar-refractivity contribution is 0.0261.